The van der Waals surface area contributed by atoms with Gasteiger partial charge in [0.15, 0.2) is 5.82 Å². The van der Waals surface area contributed by atoms with Crippen LogP contribution in [-0.2, 0) is 21.2 Å². The lowest BCUT2D eigenvalue weighted by Crippen LogP contribution is -2.31. The van der Waals surface area contributed by atoms with Gasteiger partial charge in [-0.1, -0.05) is 36.4 Å². The smallest absolute Gasteiger partial charge is 0.338 e. The summed E-state index contributed by atoms with van der Waals surface area (Å²) in [6.45, 7) is 3.76. The molecule has 0 unspecified atom stereocenters. The van der Waals surface area contributed by atoms with Gasteiger partial charge in [0.1, 0.15) is 4.90 Å². The maximum atomic E-state index is 13.2. The summed E-state index contributed by atoms with van der Waals surface area (Å²) in [6.07, 6.45) is 1.46. The molecule has 4 rings (SSSR count). The first-order valence-corrected chi connectivity index (χ1v) is 12.7. The van der Waals surface area contributed by atoms with Gasteiger partial charge in [0.2, 0.25) is 0 Å². The van der Waals surface area contributed by atoms with Crippen molar-refractivity contribution >= 4 is 21.7 Å². The molecule has 0 aliphatic carbocycles. The third kappa shape index (κ3) is 4.67. The van der Waals surface area contributed by atoms with Crippen molar-refractivity contribution in [3.05, 3.63) is 106 Å². The molecule has 0 spiro atoms. The van der Waals surface area contributed by atoms with Crippen LogP contribution in [0.4, 0.5) is 5.69 Å². The molecule has 0 aliphatic heterocycles. The summed E-state index contributed by atoms with van der Waals surface area (Å²) in [7, 11) is -2.53. The second-order valence-electron chi connectivity index (χ2n) is 8.04. The number of aryl methyl sites for hydroxylation is 1. The summed E-state index contributed by atoms with van der Waals surface area (Å²) in [5.74, 6) is -0.230. The highest BCUT2D eigenvalue weighted by Crippen LogP contribution is 2.23. The lowest BCUT2D eigenvalue weighted by Gasteiger charge is -2.22. The normalized spacial score (nSPS) is 11.3. The number of esters is 1. The Morgan fingerprint density at radius 2 is 1.75 bits per heavy atom. The number of ether oxygens (including phenoxy) is 1. The van der Waals surface area contributed by atoms with Gasteiger partial charge >= 0.3 is 5.97 Å². The number of aromatic amines is 1. The van der Waals surface area contributed by atoms with E-state index in [4.69, 9.17) is 4.74 Å². The predicted octanol–water partition coefficient (Wildman–Crippen LogP) is 3.46. The van der Waals surface area contributed by atoms with Crippen molar-refractivity contribution in [2.24, 2.45) is 0 Å². The Balaban J connectivity index is 1.65. The van der Waals surface area contributed by atoms with E-state index in [9.17, 15) is 18.0 Å². The number of hydrogen-bond acceptors (Lipinski definition) is 6. The maximum absolute atomic E-state index is 13.2. The number of pyridine rings is 1. The molecule has 0 radical (unpaired) electrons. The van der Waals surface area contributed by atoms with Crippen molar-refractivity contribution in [1.29, 1.82) is 0 Å². The number of aromatic nitrogens is 3. The van der Waals surface area contributed by atoms with Crippen LogP contribution in [-0.4, -0.2) is 42.8 Å². The standard InChI is InChI=1S/C26H26N4O5S/c1-4-29(20-11-6-5-7-12-20)36(33,34)21-14-15-24(27-17-21)30-25(31)23(18(2)28-30)16-19-10-8-9-13-22(19)26(32)35-3/h5-15,17,28H,4,16H2,1-3H3. The molecule has 36 heavy (non-hydrogen) atoms. The number of methoxy groups -OCH3 is 1. The highest BCUT2D eigenvalue weighted by atomic mass is 32.2. The van der Waals surface area contributed by atoms with Crippen LogP contribution in [0.2, 0.25) is 0 Å². The molecule has 1 N–H and O–H groups in total. The topological polar surface area (TPSA) is 114 Å². The average Bonchev–Trinajstić information content (AvgIpc) is 3.18. The second-order valence-corrected chi connectivity index (χ2v) is 9.90. The van der Waals surface area contributed by atoms with E-state index in [2.05, 4.69) is 10.1 Å². The van der Waals surface area contributed by atoms with Crippen molar-refractivity contribution < 1.29 is 17.9 Å². The van der Waals surface area contributed by atoms with E-state index >= 15 is 0 Å². The third-order valence-electron chi connectivity index (χ3n) is 5.85. The van der Waals surface area contributed by atoms with E-state index in [1.54, 1.807) is 62.4 Å². The van der Waals surface area contributed by atoms with Gasteiger partial charge < -0.3 is 4.74 Å². The van der Waals surface area contributed by atoms with Gasteiger partial charge in [-0.2, -0.15) is 0 Å². The predicted molar refractivity (Wildman–Crippen MR) is 136 cm³/mol. The summed E-state index contributed by atoms with van der Waals surface area (Å²) < 4.78 is 33.9. The largest absolute Gasteiger partial charge is 0.465 e. The monoisotopic (exact) mass is 506 g/mol. The summed E-state index contributed by atoms with van der Waals surface area (Å²) in [5.41, 5.74) is 2.33. The van der Waals surface area contributed by atoms with Crippen LogP contribution in [0.15, 0.2) is 82.6 Å². The highest BCUT2D eigenvalue weighted by molar-refractivity contribution is 7.92. The van der Waals surface area contributed by atoms with Crippen molar-refractivity contribution in [3.8, 4) is 5.82 Å². The minimum absolute atomic E-state index is 0.0144. The molecule has 0 bridgehead atoms. The van der Waals surface area contributed by atoms with Crippen LogP contribution in [0.3, 0.4) is 0 Å². The molecule has 186 valence electrons. The van der Waals surface area contributed by atoms with Crippen LogP contribution in [0.1, 0.15) is 34.1 Å². The molecule has 0 saturated carbocycles. The zero-order valence-corrected chi connectivity index (χ0v) is 21.0. The Morgan fingerprint density at radius 3 is 2.39 bits per heavy atom. The lowest BCUT2D eigenvalue weighted by molar-refractivity contribution is 0.0599. The number of carbonyl (C=O) groups excluding carboxylic acids is 1. The molecule has 0 aliphatic rings. The Bertz CT molecular complexity index is 1540. The van der Waals surface area contributed by atoms with Crippen LogP contribution >= 0.6 is 0 Å². The highest BCUT2D eigenvalue weighted by Gasteiger charge is 2.24. The van der Waals surface area contributed by atoms with Gasteiger partial charge in [-0.25, -0.2) is 22.9 Å². The molecule has 2 aromatic carbocycles. The van der Waals surface area contributed by atoms with E-state index in [0.29, 0.717) is 28.1 Å². The number of H-pyrrole nitrogens is 1. The summed E-state index contributed by atoms with van der Waals surface area (Å²) in [6, 6.07) is 18.7. The van der Waals surface area contributed by atoms with Crippen LogP contribution < -0.4 is 9.86 Å². The number of hydrogen-bond donors (Lipinski definition) is 1. The van der Waals surface area contributed by atoms with Crippen molar-refractivity contribution in [3.63, 3.8) is 0 Å². The van der Waals surface area contributed by atoms with E-state index < -0.39 is 16.0 Å². The number of nitrogens with zero attached hydrogens (tertiary/aromatic N) is 3. The molecule has 4 aromatic rings. The van der Waals surface area contributed by atoms with Gasteiger partial charge in [0, 0.05) is 30.4 Å². The van der Waals surface area contributed by atoms with Gasteiger partial charge in [0.25, 0.3) is 15.6 Å². The number of para-hydroxylation sites is 1. The first-order chi connectivity index (χ1) is 17.3. The zero-order chi connectivity index (χ0) is 25.9. The van der Waals surface area contributed by atoms with Gasteiger partial charge in [-0.3, -0.25) is 14.2 Å². The van der Waals surface area contributed by atoms with Gasteiger partial charge in [0.05, 0.1) is 18.4 Å². The Kier molecular flexibility index (Phi) is 7.07. The van der Waals surface area contributed by atoms with Crippen LogP contribution in [0.5, 0.6) is 0 Å². The number of benzene rings is 2. The molecule has 2 aromatic heterocycles. The fraction of sp³-hybridized carbons (Fsp3) is 0.192. The lowest BCUT2D eigenvalue weighted by atomic mass is 10.0. The molecule has 10 heteroatoms. The van der Waals surface area contributed by atoms with E-state index in [1.165, 1.54) is 34.4 Å². The average molecular weight is 507 g/mol. The zero-order valence-electron chi connectivity index (χ0n) is 20.1. The Labute approximate surface area is 209 Å². The summed E-state index contributed by atoms with van der Waals surface area (Å²) >= 11 is 0. The van der Waals surface area contributed by atoms with E-state index in [1.807, 2.05) is 6.07 Å². The first kappa shape index (κ1) is 24.9. The van der Waals surface area contributed by atoms with Gasteiger partial charge in [-0.15, -0.1) is 0 Å². The molecule has 9 nitrogen and oxygen atoms in total. The number of nitrogens with one attached hydrogen (secondary N) is 1. The molecule has 2 heterocycles. The molecular weight excluding hydrogens is 480 g/mol. The van der Waals surface area contributed by atoms with E-state index in [0.717, 1.165) is 0 Å². The van der Waals surface area contributed by atoms with Crippen LogP contribution in [0.25, 0.3) is 5.82 Å². The summed E-state index contributed by atoms with van der Waals surface area (Å²) in [5, 5.41) is 3.00. The first-order valence-electron chi connectivity index (χ1n) is 11.3. The molecule has 0 atom stereocenters. The Morgan fingerprint density at radius 1 is 1.06 bits per heavy atom. The number of anilines is 1. The molecule has 0 saturated heterocycles. The fourth-order valence-corrected chi connectivity index (χ4v) is 5.41. The maximum Gasteiger partial charge on any atom is 0.338 e. The third-order valence-corrected chi connectivity index (χ3v) is 7.74. The quantitative estimate of drug-likeness (QED) is 0.366. The van der Waals surface area contributed by atoms with Gasteiger partial charge in [-0.05, 0) is 49.7 Å². The number of sulfonamides is 1. The number of carbonyl (C=O) groups is 1. The van der Waals surface area contributed by atoms with Crippen molar-refractivity contribution in [2.45, 2.75) is 25.2 Å². The second kappa shape index (κ2) is 10.2. The summed E-state index contributed by atoms with van der Waals surface area (Å²) in [4.78, 5) is 29.6. The number of rotatable bonds is 8. The van der Waals surface area contributed by atoms with Crippen molar-refractivity contribution in [1.82, 2.24) is 14.8 Å². The van der Waals surface area contributed by atoms with Crippen LogP contribution in [0, 0.1) is 6.92 Å². The minimum atomic E-state index is -3.84. The molecule has 0 amide bonds. The fourth-order valence-electron chi connectivity index (χ4n) is 3.99. The molecular formula is C26H26N4O5S. The van der Waals surface area contributed by atoms with Crippen molar-refractivity contribution in [2.75, 3.05) is 18.0 Å². The molecule has 0 fully saturated rings. The SMILES string of the molecule is CCN(c1ccccc1)S(=O)(=O)c1ccc(-n2[nH]c(C)c(Cc3ccccc3C(=O)OC)c2=O)nc1. The minimum Gasteiger partial charge on any atom is -0.465 e. The van der Waals surface area contributed by atoms with E-state index in [-0.39, 0.29) is 29.2 Å². The Hall–Kier alpha value is -4.18.